The van der Waals surface area contributed by atoms with Crippen molar-refractivity contribution >= 4 is 29.1 Å². The topological polar surface area (TPSA) is 15.6 Å². The van der Waals surface area contributed by atoms with Crippen LogP contribution in [0.25, 0.3) is 0 Å². The van der Waals surface area contributed by atoms with Gasteiger partial charge in [-0.2, -0.15) is 0 Å². The molecule has 0 spiro atoms. The van der Waals surface area contributed by atoms with Gasteiger partial charge in [-0.1, -0.05) is 37.3 Å². The van der Waals surface area contributed by atoms with Crippen molar-refractivity contribution in [2.24, 2.45) is 4.99 Å². The van der Waals surface area contributed by atoms with E-state index in [-0.39, 0.29) is 0 Å². The zero-order chi connectivity index (χ0) is 11.1. The fraction of sp³-hybridized carbons (Fsp3) is 0.333. The van der Waals surface area contributed by atoms with Gasteiger partial charge in [0.2, 0.25) is 0 Å². The Labute approximate surface area is 96.6 Å². The second kappa shape index (κ2) is 6.30. The third-order valence-electron chi connectivity index (χ3n) is 1.98. The van der Waals surface area contributed by atoms with Gasteiger partial charge in [0.05, 0.1) is 12.0 Å². The SMILES string of the molecule is CCC(=S)CN(C)C=Nc1ccccc1. The molecule has 0 unspecified atom stereocenters. The zero-order valence-electron chi connectivity index (χ0n) is 9.18. The predicted molar refractivity (Wildman–Crippen MR) is 70.1 cm³/mol. The lowest BCUT2D eigenvalue weighted by Crippen LogP contribution is -2.22. The molecule has 0 aliphatic carbocycles. The highest BCUT2D eigenvalue weighted by Crippen LogP contribution is 2.08. The summed E-state index contributed by atoms with van der Waals surface area (Å²) in [5.74, 6) is 0. The van der Waals surface area contributed by atoms with Crippen molar-refractivity contribution in [3.05, 3.63) is 30.3 Å². The molecule has 2 nitrogen and oxygen atoms in total. The van der Waals surface area contributed by atoms with Crippen molar-refractivity contribution < 1.29 is 0 Å². The summed E-state index contributed by atoms with van der Waals surface area (Å²) >= 11 is 5.16. The first kappa shape index (κ1) is 11.9. The summed E-state index contributed by atoms with van der Waals surface area (Å²) in [4.78, 5) is 7.39. The number of thiocarbonyl (C=S) groups is 1. The average Bonchev–Trinajstić information content (AvgIpc) is 2.27. The van der Waals surface area contributed by atoms with Crippen LogP contribution in [0.5, 0.6) is 0 Å². The van der Waals surface area contributed by atoms with Gasteiger partial charge in [0.1, 0.15) is 0 Å². The van der Waals surface area contributed by atoms with E-state index in [0.717, 1.165) is 23.5 Å². The van der Waals surface area contributed by atoms with Crippen LogP contribution in [0.3, 0.4) is 0 Å². The van der Waals surface area contributed by atoms with Crippen LogP contribution < -0.4 is 0 Å². The van der Waals surface area contributed by atoms with Crippen molar-refractivity contribution in [3.8, 4) is 0 Å². The molecule has 0 atom stereocenters. The minimum Gasteiger partial charge on any atom is -0.361 e. The maximum absolute atomic E-state index is 5.16. The highest BCUT2D eigenvalue weighted by atomic mass is 32.1. The molecule has 0 amide bonds. The summed E-state index contributed by atoms with van der Waals surface area (Å²) in [5, 5.41) is 0. The van der Waals surface area contributed by atoms with E-state index in [0.29, 0.717) is 0 Å². The molecule has 0 saturated heterocycles. The maximum Gasteiger partial charge on any atom is 0.0912 e. The van der Waals surface area contributed by atoms with E-state index >= 15 is 0 Å². The molecule has 1 aromatic rings. The van der Waals surface area contributed by atoms with Crippen molar-refractivity contribution in [3.63, 3.8) is 0 Å². The van der Waals surface area contributed by atoms with E-state index in [4.69, 9.17) is 12.2 Å². The van der Waals surface area contributed by atoms with Crippen molar-refractivity contribution in [1.82, 2.24) is 4.90 Å². The van der Waals surface area contributed by atoms with Gasteiger partial charge >= 0.3 is 0 Å². The van der Waals surface area contributed by atoms with E-state index in [1.165, 1.54) is 0 Å². The number of rotatable bonds is 5. The van der Waals surface area contributed by atoms with Gasteiger partial charge in [-0.05, 0) is 18.6 Å². The summed E-state index contributed by atoms with van der Waals surface area (Å²) in [6, 6.07) is 9.88. The number of nitrogens with zero attached hydrogens (tertiary/aromatic N) is 2. The van der Waals surface area contributed by atoms with E-state index in [2.05, 4.69) is 11.9 Å². The van der Waals surface area contributed by atoms with E-state index < -0.39 is 0 Å². The molecule has 80 valence electrons. The second-order valence-electron chi connectivity index (χ2n) is 3.39. The highest BCUT2D eigenvalue weighted by Gasteiger charge is 1.96. The Morgan fingerprint density at radius 3 is 2.67 bits per heavy atom. The lowest BCUT2D eigenvalue weighted by Gasteiger charge is -2.12. The van der Waals surface area contributed by atoms with Crippen molar-refractivity contribution in [2.75, 3.05) is 13.6 Å². The monoisotopic (exact) mass is 220 g/mol. The molecule has 0 aromatic heterocycles. The molecule has 1 aromatic carbocycles. The zero-order valence-corrected chi connectivity index (χ0v) is 10.00. The van der Waals surface area contributed by atoms with Crippen molar-refractivity contribution in [2.45, 2.75) is 13.3 Å². The Hall–Kier alpha value is -1.22. The quantitative estimate of drug-likeness (QED) is 0.430. The molecular weight excluding hydrogens is 204 g/mol. The van der Waals surface area contributed by atoms with Crippen LogP contribution in [0, 0.1) is 0 Å². The predicted octanol–water partition coefficient (Wildman–Crippen LogP) is 3.06. The smallest absolute Gasteiger partial charge is 0.0912 e. The van der Waals surface area contributed by atoms with Crippen LogP contribution in [-0.4, -0.2) is 29.7 Å². The second-order valence-corrected chi connectivity index (χ2v) is 3.96. The Kier molecular flexibility index (Phi) is 4.98. The normalized spacial score (nSPS) is 10.5. The Bertz CT molecular complexity index is 333. The van der Waals surface area contributed by atoms with Crippen LogP contribution in [0.4, 0.5) is 5.69 Å². The van der Waals surface area contributed by atoms with Gasteiger partial charge in [-0.25, -0.2) is 4.99 Å². The molecule has 1 rings (SSSR count). The lowest BCUT2D eigenvalue weighted by molar-refractivity contribution is 0.598. The van der Waals surface area contributed by atoms with Gasteiger partial charge < -0.3 is 4.90 Å². The average molecular weight is 220 g/mol. The number of hydrogen-bond donors (Lipinski definition) is 0. The molecule has 0 aliphatic heterocycles. The van der Waals surface area contributed by atoms with Crippen LogP contribution in [0.2, 0.25) is 0 Å². The lowest BCUT2D eigenvalue weighted by atomic mass is 10.3. The number of para-hydroxylation sites is 1. The Morgan fingerprint density at radius 1 is 1.40 bits per heavy atom. The largest absolute Gasteiger partial charge is 0.361 e. The molecule has 0 saturated carbocycles. The van der Waals surface area contributed by atoms with Gasteiger partial charge in [-0.15, -0.1) is 0 Å². The molecule has 3 heteroatoms. The van der Waals surface area contributed by atoms with E-state index in [1.54, 1.807) is 0 Å². The van der Waals surface area contributed by atoms with E-state index in [9.17, 15) is 0 Å². The fourth-order valence-electron chi connectivity index (χ4n) is 1.11. The summed E-state index contributed by atoms with van der Waals surface area (Å²) in [7, 11) is 1.98. The van der Waals surface area contributed by atoms with Crippen molar-refractivity contribution in [1.29, 1.82) is 0 Å². The molecule has 0 heterocycles. The maximum atomic E-state index is 5.16. The summed E-state index contributed by atoms with van der Waals surface area (Å²) in [6.07, 6.45) is 2.76. The summed E-state index contributed by atoms with van der Waals surface area (Å²) < 4.78 is 0. The first-order chi connectivity index (χ1) is 7.22. The molecular formula is C12H16N2S. The standard InChI is InChI=1S/C12H16N2S/c1-3-12(15)9-14(2)10-13-11-7-5-4-6-8-11/h4-8,10H,3,9H2,1-2H3. The minimum absolute atomic E-state index is 0.794. The number of aliphatic imine (C=N–C) groups is 1. The molecule has 0 fully saturated rings. The Balaban J connectivity index is 2.47. The molecule has 0 N–H and O–H groups in total. The summed E-state index contributed by atoms with van der Waals surface area (Å²) in [6.45, 7) is 2.87. The van der Waals surface area contributed by atoms with Gasteiger partial charge in [0.25, 0.3) is 0 Å². The van der Waals surface area contributed by atoms with Crippen LogP contribution >= 0.6 is 12.2 Å². The van der Waals surface area contributed by atoms with Crippen LogP contribution in [-0.2, 0) is 0 Å². The minimum atomic E-state index is 0.794. The summed E-state index contributed by atoms with van der Waals surface area (Å²) in [5.41, 5.74) is 0.965. The first-order valence-electron chi connectivity index (χ1n) is 5.03. The fourth-order valence-corrected chi connectivity index (χ4v) is 1.31. The molecule has 0 bridgehead atoms. The van der Waals surface area contributed by atoms with Crippen LogP contribution in [0.15, 0.2) is 35.3 Å². The Morgan fingerprint density at radius 2 is 2.07 bits per heavy atom. The van der Waals surface area contributed by atoms with Gasteiger partial charge in [0.15, 0.2) is 0 Å². The highest BCUT2D eigenvalue weighted by molar-refractivity contribution is 7.80. The number of benzene rings is 1. The first-order valence-corrected chi connectivity index (χ1v) is 5.44. The third kappa shape index (κ3) is 4.70. The van der Waals surface area contributed by atoms with E-state index in [1.807, 2.05) is 48.6 Å². The molecule has 0 radical (unpaired) electrons. The molecule has 0 aliphatic rings. The van der Waals surface area contributed by atoms with Gasteiger partial charge in [0, 0.05) is 18.5 Å². The van der Waals surface area contributed by atoms with Crippen LogP contribution in [0.1, 0.15) is 13.3 Å². The number of hydrogen-bond acceptors (Lipinski definition) is 2. The third-order valence-corrected chi connectivity index (χ3v) is 2.40. The molecule has 15 heavy (non-hydrogen) atoms. The van der Waals surface area contributed by atoms with Gasteiger partial charge in [-0.3, -0.25) is 0 Å².